The van der Waals surface area contributed by atoms with E-state index >= 15 is 0 Å². The number of benzene rings is 1. The summed E-state index contributed by atoms with van der Waals surface area (Å²) in [6.45, 7) is 9.53. The van der Waals surface area contributed by atoms with Crippen LogP contribution in [-0.2, 0) is 6.54 Å². The molecule has 0 saturated heterocycles. The normalized spacial score (nSPS) is 12.3. The first-order valence-corrected chi connectivity index (χ1v) is 6.70. The van der Waals surface area contributed by atoms with Crippen LogP contribution in [0.1, 0.15) is 39.7 Å². The van der Waals surface area contributed by atoms with Crippen LogP contribution in [0, 0.1) is 0 Å². The third-order valence-corrected chi connectivity index (χ3v) is 2.31. The Hall–Kier alpha value is -1.71. The second kappa shape index (κ2) is 7.02. The number of nitrogens with zero attached hydrogens (tertiary/aromatic N) is 1. The molecule has 0 unspecified atom stereocenters. The number of rotatable bonds is 5. The van der Waals surface area contributed by atoms with E-state index in [1.807, 2.05) is 24.3 Å². The molecule has 0 aliphatic carbocycles. The molecule has 1 aromatic rings. The number of ether oxygens (including phenoxy) is 1. The summed E-state index contributed by atoms with van der Waals surface area (Å²) in [6.07, 6.45) is 1.00. The van der Waals surface area contributed by atoms with Gasteiger partial charge in [0.15, 0.2) is 5.96 Å². The van der Waals surface area contributed by atoms with Crippen molar-refractivity contribution in [3.05, 3.63) is 29.8 Å². The average Bonchev–Trinajstić information content (AvgIpc) is 2.32. The number of hydrogen-bond donors (Lipinski definition) is 2. The molecule has 19 heavy (non-hydrogen) atoms. The van der Waals surface area contributed by atoms with Crippen LogP contribution in [0.15, 0.2) is 29.3 Å². The number of nitrogens with one attached hydrogen (secondary N) is 1. The van der Waals surface area contributed by atoms with Gasteiger partial charge in [-0.2, -0.15) is 0 Å². The zero-order valence-electron chi connectivity index (χ0n) is 12.4. The van der Waals surface area contributed by atoms with E-state index < -0.39 is 0 Å². The molecule has 0 fully saturated rings. The predicted octanol–water partition coefficient (Wildman–Crippen LogP) is 2.68. The molecule has 0 bridgehead atoms. The number of hydrogen-bond acceptors (Lipinski definition) is 2. The van der Waals surface area contributed by atoms with Gasteiger partial charge in [-0.3, -0.25) is 0 Å². The van der Waals surface area contributed by atoms with Crippen LogP contribution in [0.25, 0.3) is 0 Å². The summed E-state index contributed by atoms with van der Waals surface area (Å²) in [4.78, 5) is 4.33. The molecule has 0 amide bonds. The van der Waals surface area contributed by atoms with Crippen molar-refractivity contribution in [3.8, 4) is 5.75 Å². The quantitative estimate of drug-likeness (QED) is 0.634. The maximum absolute atomic E-state index is 5.83. The van der Waals surface area contributed by atoms with Gasteiger partial charge in [-0.25, -0.2) is 4.99 Å². The summed E-state index contributed by atoms with van der Waals surface area (Å²) >= 11 is 0. The molecule has 0 spiro atoms. The lowest BCUT2D eigenvalue weighted by Crippen LogP contribution is -2.44. The minimum absolute atomic E-state index is 0.0698. The van der Waals surface area contributed by atoms with E-state index in [1.54, 1.807) is 0 Å². The van der Waals surface area contributed by atoms with Crippen molar-refractivity contribution in [2.24, 2.45) is 10.7 Å². The van der Waals surface area contributed by atoms with Crippen molar-refractivity contribution in [3.63, 3.8) is 0 Å². The van der Waals surface area contributed by atoms with E-state index in [0.29, 0.717) is 12.5 Å². The third-order valence-electron chi connectivity index (χ3n) is 2.31. The van der Waals surface area contributed by atoms with Crippen LogP contribution in [0.3, 0.4) is 0 Å². The van der Waals surface area contributed by atoms with E-state index in [1.165, 1.54) is 0 Å². The highest BCUT2D eigenvalue weighted by Crippen LogP contribution is 2.14. The average molecular weight is 263 g/mol. The molecule has 106 valence electrons. The van der Waals surface area contributed by atoms with E-state index in [9.17, 15) is 0 Å². The molecule has 1 aromatic carbocycles. The number of guanidine groups is 1. The number of nitrogens with two attached hydrogens (primary N) is 1. The van der Waals surface area contributed by atoms with Crippen molar-refractivity contribution in [2.75, 3.05) is 6.61 Å². The summed E-state index contributed by atoms with van der Waals surface area (Å²) in [7, 11) is 0. The van der Waals surface area contributed by atoms with Crippen molar-refractivity contribution >= 4 is 5.96 Å². The Kier molecular flexibility index (Phi) is 5.67. The van der Waals surface area contributed by atoms with Crippen LogP contribution in [-0.4, -0.2) is 18.1 Å². The highest BCUT2D eigenvalue weighted by Gasteiger charge is 2.09. The molecular formula is C15H25N3O. The highest BCUT2D eigenvalue weighted by atomic mass is 16.5. The first-order valence-electron chi connectivity index (χ1n) is 6.70. The van der Waals surface area contributed by atoms with Gasteiger partial charge in [0.05, 0.1) is 13.2 Å². The number of aliphatic imine (C=N–C) groups is 1. The second-order valence-electron chi connectivity index (χ2n) is 5.57. The van der Waals surface area contributed by atoms with E-state index in [-0.39, 0.29) is 5.54 Å². The monoisotopic (exact) mass is 263 g/mol. The van der Waals surface area contributed by atoms with Gasteiger partial charge >= 0.3 is 0 Å². The highest BCUT2D eigenvalue weighted by molar-refractivity contribution is 5.78. The second-order valence-corrected chi connectivity index (χ2v) is 5.57. The van der Waals surface area contributed by atoms with Crippen molar-refractivity contribution in [2.45, 2.75) is 46.2 Å². The first kappa shape index (κ1) is 15.3. The van der Waals surface area contributed by atoms with Gasteiger partial charge in [-0.05, 0) is 44.9 Å². The minimum Gasteiger partial charge on any atom is -0.494 e. The summed E-state index contributed by atoms with van der Waals surface area (Å²) in [5.41, 5.74) is 6.85. The van der Waals surface area contributed by atoms with Gasteiger partial charge in [-0.1, -0.05) is 19.1 Å². The van der Waals surface area contributed by atoms with Gasteiger partial charge in [-0.15, -0.1) is 0 Å². The molecule has 0 aliphatic rings. The lowest BCUT2D eigenvalue weighted by Gasteiger charge is -2.21. The zero-order valence-corrected chi connectivity index (χ0v) is 12.4. The summed E-state index contributed by atoms with van der Waals surface area (Å²) in [5.74, 6) is 1.35. The Morgan fingerprint density at radius 3 is 2.74 bits per heavy atom. The Labute approximate surface area is 116 Å². The Morgan fingerprint density at radius 1 is 1.37 bits per heavy atom. The Bertz CT molecular complexity index is 422. The lowest BCUT2D eigenvalue weighted by molar-refractivity contribution is 0.317. The van der Waals surface area contributed by atoms with Gasteiger partial charge in [0.1, 0.15) is 5.75 Å². The molecule has 0 saturated carbocycles. The molecule has 0 radical (unpaired) electrons. The van der Waals surface area contributed by atoms with E-state index in [4.69, 9.17) is 10.5 Å². The molecule has 0 heterocycles. The van der Waals surface area contributed by atoms with Gasteiger partial charge in [0, 0.05) is 5.54 Å². The third kappa shape index (κ3) is 6.70. The van der Waals surface area contributed by atoms with E-state index in [0.717, 1.165) is 24.3 Å². The molecule has 4 nitrogen and oxygen atoms in total. The maximum atomic E-state index is 5.83. The Morgan fingerprint density at radius 2 is 2.11 bits per heavy atom. The van der Waals surface area contributed by atoms with Crippen molar-refractivity contribution in [1.82, 2.24) is 5.32 Å². The summed E-state index contributed by atoms with van der Waals surface area (Å²) < 4.78 is 5.59. The molecular weight excluding hydrogens is 238 g/mol. The first-order chi connectivity index (χ1) is 8.90. The minimum atomic E-state index is -0.0698. The molecule has 4 heteroatoms. The summed E-state index contributed by atoms with van der Waals surface area (Å²) in [5, 5.41) is 3.13. The van der Waals surface area contributed by atoms with Crippen molar-refractivity contribution < 1.29 is 4.74 Å². The van der Waals surface area contributed by atoms with Gasteiger partial charge in [0.25, 0.3) is 0 Å². The largest absolute Gasteiger partial charge is 0.494 e. The fraction of sp³-hybridized carbons (Fsp3) is 0.533. The van der Waals surface area contributed by atoms with E-state index in [2.05, 4.69) is 38.0 Å². The predicted molar refractivity (Wildman–Crippen MR) is 80.4 cm³/mol. The molecule has 1 rings (SSSR count). The van der Waals surface area contributed by atoms with Crippen molar-refractivity contribution in [1.29, 1.82) is 0 Å². The SMILES string of the molecule is CCCOc1cccc(CN=C(N)NC(C)(C)C)c1. The van der Waals surface area contributed by atoms with Crippen LogP contribution >= 0.6 is 0 Å². The smallest absolute Gasteiger partial charge is 0.189 e. The van der Waals surface area contributed by atoms with Gasteiger partial charge < -0.3 is 15.8 Å². The van der Waals surface area contributed by atoms with Crippen LogP contribution in [0.4, 0.5) is 0 Å². The van der Waals surface area contributed by atoms with Crippen LogP contribution in [0.5, 0.6) is 5.75 Å². The topological polar surface area (TPSA) is 59.6 Å². The maximum Gasteiger partial charge on any atom is 0.189 e. The van der Waals surface area contributed by atoms with Crippen LogP contribution < -0.4 is 15.8 Å². The molecule has 3 N–H and O–H groups in total. The molecule has 0 atom stereocenters. The standard InChI is InChI=1S/C15H25N3O/c1-5-9-19-13-8-6-7-12(10-13)11-17-14(16)18-15(2,3)4/h6-8,10H,5,9,11H2,1-4H3,(H3,16,17,18). The fourth-order valence-corrected chi connectivity index (χ4v) is 1.55. The molecule has 0 aromatic heterocycles. The Balaban J connectivity index is 2.59. The zero-order chi connectivity index (χ0) is 14.3. The van der Waals surface area contributed by atoms with Crippen LogP contribution in [0.2, 0.25) is 0 Å². The molecule has 0 aliphatic heterocycles. The lowest BCUT2D eigenvalue weighted by atomic mass is 10.1. The fourth-order valence-electron chi connectivity index (χ4n) is 1.55. The van der Waals surface area contributed by atoms with Gasteiger partial charge in [0.2, 0.25) is 0 Å². The summed E-state index contributed by atoms with van der Waals surface area (Å²) in [6, 6.07) is 7.96.